The number of para-hydroxylation sites is 1. The molecule has 3 aromatic rings. The van der Waals surface area contributed by atoms with Gasteiger partial charge in [0.25, 0.3) is 0 Å². The van der Waals surface area contributed by atoms with Gasteiger partial charge in [-0.25, -0.2) is 22.5 Å². The zero-order valence-corrected chi connectivity index (χ0v) is 25.4. The number of sulfone groups is 1. The quantitative estimate of drug-likeness (QED) is 0.179. The van der Waals surface area contributed by atoms with Gasteiger partial charge in [-0.1, -0.05) is 25.1 Å². The standard InChI is InChI=1S/C26H33N6O9PS/c1-4-38-25(34)19(12-13-43(3,36)37)31-42(35,41-18-8-6-5-7-9-18)39-14-21-23(33)17(2)26(15-27,40-21)22-11-10-20-24(28)29-16-30-32(20)22/h5-11,16-17,19,21,23,33H,4,12-14H2,1-3H3,(H,31,35)(H2,28,29,30)/t17-,19-,21+,23?,26+,42?/m0/s1. The first-order chi connectivity index (χ1) is 20.3. The first kappa shape index (κ1) is 32.3. The van der Waals surface area contributed by atoms with Crippen LogP contribution in [0.5, 0.6) is 5.75 Å². The summed E-state index contributed by atoms with van der Waals surface area (Å²) in [4.78, 5) is 16.6. The van der Waals surface area contributed by atoms with E-state index < -0.39 is 65.7 Å². The van der Waals surface area contributed by atoms with Crippen molar-refractivity contribution in [3.05, 3.63) is 54.5 Å². The number of nitrogens with one attached hydrogen (secondary N) is 1. The zero-order valence-electron chi connectivity index (χ0n) is 23.7. The van der Waals surface area contributed by atoms with Gasteiger partial charge in [-0.05, 0) is 37.6 Å². The first-order valence-corrected chi connectivity index (χ1v) is 16.9. The lowest BCUT2D eigenvalue weighted by Gasteiger charge is -2.26. The van der Waals surface area contributed by atoms with E-state index in [9.17, 15) is 28.1 Å². The van der Waals surface area contributed by atoms with Crippen LogP contribution in [0, 0.1) is 17.2 Å². The molecule has 1 aliphatic heterocycles. The number of carbonyl (C=O) groups excluding carboxylic acids is 1. The number of aliphatic hydroxyl groups excluding tert-OH is 1. The number of nitrogen functional groups attached to an aromatic ring is 1. The summed E-state index contributed by atoms with van der Waals surface area (Å²) in [5.41, 5.74) is 4.96. The summed E-state index contributed by atoms with van der Waals surface area (Å²) in [7, 11) is -7.97. The molecule has 1 fully saturated rings. The number of aliphatic hydroxyl groups is 1. The molecule has 4 rings (SSSR count). The van der Waals surface area contributed by atoms with Crippen LogP contribution in [0.4, 0.5) is 5.82 Å². The second-order valence-electron chi connectivity index (χ2n) is 9.99. The van der Waals surface area contributed by atoms with Gasteiger partial charge in [0.05, 0.1) is 30.8 Å². The number of anilines is 1. The van der Waals surface area contributed by atoms with Crippen LogP contribution in [0.1, 0.15) is 26.0 Å². The third-order valence-electron chi connectivity index (χ3n) is 6.94. The molecular weight excluding hydrogens is 603 g/mol. The summed E-state index contributed by atoms with van der Waals surface area (Å²) in [6.07, 6.45) is -0.527. The van der Waals surface area contributed by atoms with Gasteiger partial charge in [0.2, 0.25) is 5.60 Å². The average molecular weight is 637 g/mol. The lowest BCUT2D eigenvalue weighted by Crippen LogP contribution is -2.40. The van der Waals surface area contributed by atoms with Gasteiger partial charge in [0, 0.05) is 12.2 Å². The van der Waals surface area contributed by atoms with E-state index in [4.69, 9.17) is 24.3 Å². The molecule has 0 aliphatic carbocycles. The van der Waals surface area contributed by atoms with Gasteiger partial charge < -0.3 is 24.8 Å². The second kappa shape index (κ2) is 13.0. The molecule has 3 heterocycles. The highest BCUT2D eigenvalue weighted by molar-refractivity contribution is 7.90. The Balaban J connectivity index is 1.61. The number of ether oxygens (including phenoxy) is 2. The maximum atomic E-state index is 14.1. The Morgan fingerprint density at radius 3 is 2.70 bits per heavy atom. The van der Waals surface area contributed by atoms with Crippen LogP contribution in [0.3, 0.4) is 0 Å². The smallest absolute Gasteiger partial charge is 0.459 e. The SMILES string of the molecule is CCOC(=O)[C@H](CCS(C)(=O)=O)NP(=O)(OC[C@H]1O[C@@](C#N)(c2ccc3c(N)ncnn23)[C@@H](C)C1O)Oc1ccccc1. The molecule has 43 heavy (non-hydrogen) atoms. The number of nitrogens with zero attached hydrogens (tertiary/aromatic N) is 4. The number of rotatable bonds is 13. The fourth-order valence-corrected chi connectivity index (χ4v) is 6.91. The number of benzene rings is 1. The Kier molecular flexibility index (Phi) is 9.75. The Morgan fingerprint density at radius 1 is 1.33 bits per heavy atom. The fourth-order valence-electron chi connectivity index (χ4n) is 4.71. The third-order valence-corrected chi connectivity index (χ3v) is 9.49. The van der Waals surface area contributed by atoms with Gasteiger partial charge in [-0.3, -0.25) is 9.32 Å². The lowest BCUT2D eigenvalue weighted by atomic mass is 9.85. The van der Waals surface area contributed by atoms with E-state index in [1.807, 2.05) is 0 Å². The van der Waals surface area contributed by atoms with Crippen LogP contribution in [0.15, 0.2) is 48.8 Å². The average Bonchev–Trinajstić information content (AvgIpc) is 3.51. The zero-order chi connectivity index (χ0) is 31.4. The summed E-state index contributed by atoms with van der Waals surface area (Å²) < 4.78 is 61.7. The fraction of sp³-hybridized carbons (Fsp3) is 0.462. The minimum absolute atomic E-state index is 0.0121. The summed E-state index contributed by atoms with van der Waals surface area (Å²) >= 11 is 0. The molecule has 6 atom stereocenters. The van der Waals surface area contributed by atoms with Gasteiger partial charge in [0.15, 0.2) is 5.82 Å². The van der Waals surface area contributed by atoms with Crippen molar-refractivity contribution < 1.29 is 41.4 Å². The number of hydrogen-bond donors (Lipinski definition) is 3. The van der Waals surface area contributed by atoms with Crippen LogP contribution in [-0.4, -0.2) is 77.6 Å². The van der Waals surface area contributed by atoms with Crippen LogP contribution in [0.25, 0.3) is 5.52 Å². The highest BCUT2D eigenvalue weighted by Crippen LogP contribution is 2.49. The van der Waals surface area contributed by atoms with Crippen molar-refractivity contribution in [2.45, 2.75) is 44.1 Å². The maximum absolute atomic E-state index is 14.1. The molecule has 0 radical (unpaired) electrons. The van der Waals surface area contributed by atoms with E-state index in [1.54, 1.807) is 44.2 Å². The molecule has 15 nitrogen and oxygen atoms in total. The summed E-state index contributed by atoms with van der Waals surface area (Å²) in [5.74, 6) is -1.79. The van der Waals surface area contributed by atoms with E-state index in [0.29, 0.717) is 5.52 Å². The molecule has 17 heteroatoms. The molecule has 1 aliphatic rings. The number of hydrogen-bond acceptors (Lipinski definition) is 13. The molecule has 0 spiro atoms. The Bertz CT molecular complexity index is 1650. The highest BCUT2D eigenvalue weighted by atomic mass is 32.2. The number of carbonyl (C=O) groups is 1. The van der Waals surface area contributed by atoms with Crippen LogP contribution in [-0.2, 0) is 38.8 Å². The monoisotopic (exact) mass is 636 g/mol. The topological polar surface area (TPSA) is 217 Å². The van der Waals surface area contributed by atoms with Crippen molar-refractivity contribution in [3.63, 3.8) is 0 Å². The molecule has 0 amide bonds. The van der Waals surface area contributed by atoms with Crippen molar-refractivity contribution >= 4 is 34.9 Å². The molecule has 2 aromatic heterocycles. The number of nitrogens with two attached hydrogens (primary N) is 1. The maximum Gasteiger partial charge on any atom is 0.459 e. The Hall–Kier alpha value is -3.58. The molecule has 0 bridgehead atoms. The third kappa shape index (κ3) is 7.15. The van der Waals surface area contributed by atoms with Crippen molar-refractivity contribution in [1.82, 2.24) is 19.7 Å². The van der Waals surface area contributed by atoms with Crippen LogP contribution >= 0.6 is 7.75 Å². The second-order valence-corrected chi connectivity index (χ2v) is 13.9. The molecular formula is C26H33N6O9PS. The highest BCUT2D eigenvalue weighted by Gasteiger charge is 2.56. The van der Waals surface area contributed by atoms with E-state index in [-0.39, 0.29) is 30.3 Å². The van der Waals surface area contributed by atoms with Crippen molar-refractivity contribution in [2.24, 2.45) is 5.92 Å². The minimum Gasteiger partial charge on any atom is -0.465 e. The van der Waals surface area contributed by atoms with Crippen molar-refractivity contribution in [2.75, 3.05) is 31.0 Å². The molecule has 1 saturated heterocycles. The summed E-state index contributed by atoms with van der Waals surface area (Å²) in [6.45, 7) is 2.62. The molecule has 2 unspecified atom stereocenters. The Morgan fingerprint density at radius 2 is 2.05 bits per heavy atom. The number of fused-ring (bicyclic) bond motifs is 1. The number of aromatic nitrogens is 3. The van der Waals surface area contributed by atoms with Crippen LogP contribution in [0.2, 0.25) is 0 Å². The normalized spacial score (nSPS) is 24.2. The molecule has 0 saturated carbocycles. The van der Waals surface area contributed by atoms with E-state index >= 15 is 0 Å². The minimum atomic E-state index is -4.47. The predicted octanol–water partition coefficient (Wildman–Crippen LogP) is 1.59. The van der Waals surface area contributed by atoms with E-state index in [0.717, 1.165) is 6.26 Å². The largest absolute Gasteiger partial charge is 0.465 e. The molecule has 1 aromatic carbocycles. The van der Waals surface area contributed by atoms with Crippen molar-refractivity contribution in [1.29, 1.82) is 5.26 Å². The Labute approximate surface area is 248 Å². The molecule has 4 N–H and O–H groups in total. The summed E-state index contributed by atoms with van der Waals surface area (Å²) in [6, 6.07) is 11.9. The van der Waals surface area contributed by atoms with Crippen LogP contribution < -0.4 is 15.3 Å². The van der Waals surface area contributed by atoms with Gasteiger partial charge in [-0.15, -0.1) is 0 Å². The molecule has 232 valence electrons. The lowest BCUT2D eigenvalue weighted by molar-refractivity contribution is -0.145. The van der Waals surface area contributed by atoms with E-state index in [1.165, 1.54) is 23.0 Å². The summed E-state index contributed by atoms with van der Waals surface area (Å²) in [5, 5.41) is 28.1. The number of nitriles is 1. The van der Waals surface area contributed by atoms with Crippen molar-refractivity contribution in [3.8, 4) is 11.8 Å². The predicted molar refractivity (Wildman–Crippen MR) is 153 cm³/mol. The van der Waals surface area contributed by atoms with Gasteiger partial charge >= 0.3 is 13.7 Å². The first-order valence-electron chi connectivity index (χ1n) is 13.3. The van der Waals surface area contributed by atoms with Gasteiger partial charge in [-0.2, -0.15) is 15.4 Å². The van der Waals surface area contributed by atoms with Gasteiger partial charge in [0.1, 0.15) is 45.6 Å². The number of esters is 1. The van der Waals surface area contributed by atoms with E-state index in [2.05, 4.69) is 21.2 Å².